The number of carbonyl (C=O) groups excluding carboxylic acids is 2. The van der Waals surface area contributed by atoms with Crippen molar-refractivity contribution in [3.05, 3.63) is 29.8 Å². The van der Waals surface area contributed by atoms with Crippen molar-refractivity contribution in [1.29, 1.82) is 0 Å². The van der Waals surface area contributed by atoms with E-state index in [1.807, 2.05) is 17.0 Å². The first-order valence-electron chi connectivity index (χ1n) is 9.71. The van der Waals surface area contributed by atoms with E-state index in [0.29, 0.717) is 32.7 Å². The summed E-state index contributed by atoms with van der Waals surface area (Å²) in [5.41, 5.74) is 0.892. The predicted octanol–water partition coefficient (Wildman–Crippen LogP) is 0.0924. The number of piperazine rings is 1. The van der Waals surface area contributed by atoms with Crippen molar-refractivity contribution in [3.63, 3.8) is 0 Å². The Morgan fingerprint density at radius 2 is 1.86 bits per heavy atom. The van der Waals surface area contributed by atoms with Gasteiger partial charge in [0.05, 0.1) is 18.6 Å². The van der Waals surface area contributed by atoms with Crippen molar-refractivity contribution >= 4 is 22.6 Å². The standard InChI is InChI=1S/C20H29N3O4S/c1-15(24)22-9-10-23(17(13-22)12-21-8-7-18(25)14-21)20(26)11-16-3-5-19(6-4-16)28(2)27/h3-6,17-18,25H,7-14H2,1-2H3/t17-,18-,28?/m1/s1. The number of nitrogens with zero attached hydrogens (tertiary/aromatic N) is 3. The minimum atomic E-state index is -1.03. The summed E-state index contributed by atoms with van der Waals surface area (Å²) in [7, 11) is -1.03. The summed E-state index contributed by atoms with van der Waals surface area (Å²) in [6.45, 7) is 5.27. The van der Waals surface area contributed by atoms with Crippen LogP contribution >= 0.6 is 0 Å². The number of hydrogen-bond acceptors (Lipinski definition) is 5. The van der Waals surface area contributed by atoms with E-state index in [9.17, 15) is 18.9 Å². The molecule has 1 N–H and O–H groups in total. The summed E-state index contributed by atoms with van der Waals surface area (Å²) in [5, 5.41) is 9.79. The topological polar surface area (TPSA) is 81.2 Å². The average Bonchev–Trinajstić information content (AvgIpc) is 3.06. The molecule has 1 aromatic carbocycles. The number of hydrogen-bond donors (Lipinski definition) is 1. The molecule has 0 bridgehead atoms. The van der Waals surface area contributed by atoms with Gasteiger partial charge >= 0.3 is 0 Å². The molecular weight excluding hydrogens is 378 g/mol. The van der Waals surface area contributed by atoms with Gasteiger partial charge in [0.15, 0.2) is 0 Å². The summed E-state index contributed by atoms with van der Waals surface area (Å²) < 4.78 is 11.5. The van der Waals surface area contributed by atoms with Gasteiger partial charge in [-0.05, 0) is 24.1 Å². The van der Waals surface area contributed by atoms with Gasteiger partial charge in [0.25, 0.3) is 0 Å². The van der Waals surface area contributed by atoms with Crippen molar-refractivity contribution < 1.29 is 18.9 Å². The van der Waals surface area contributed by atoms with Gasteiger partial charge in [-0.3, -0.25) is 18.7 Å². The van der Waals surface area contributed by atoms with Gasteiger partial charge in [-0.25, -0.2) is 0 Å². The van der Waals surface area contributed by atoms with Gasteiger partial charge in [0.1, 0.15) is 0 Å². The Bertz CT molecular complexity index is 739. The van der Waals surface area contributed by atoms with Crippen LogP contribution in [0.5, 0.6) is 0 Å². The van der Waals surface area contributed by atoms with Gasteiger partial charge in [0, 0.05) is 68.1 Å². The molecule has 2 aliphatic rings. The summed E-state index contributed by atoms with van der Waals surface area (Å²) in [6, 6.07) is 7.24. The maximum absolute atomic E-state index is 13.0. The van der Waals surface area contributed by atoms with Crippen molar-refractivity contribution in [2.75, 3.05) is 45.5 Å². The lowest BCUT2D eigenvalue weighted by Gasteiger charge is -2.42. The maximum Gasteiger partial charge on any atom is 0.227 e. The molecule has 154 valence electrons. The molecule has 0 saturated carbocycles. The molecule has 7 nitrogen and oxygen atoms in total. The molecule has 3 atom stereocenters. The second kappa shape index (κ2) is 9.15. The van der Waals surface area contributed by atoms with E-state index in [1.165, 1.54) is 0 Å². The molecule has 0 aromatic heterocycles. The summed E-state index contributed by atoms with van der Waals surface area (Å²) >= 11 is 0. The zero-order chi connectivity index (χ0) is 20.3. The second-order valence-corrected chi connectivity index (χ2v) is 9.06. The van der Waals surface area contributed by atoms with Gasteiger partial charge in [-0.2, -0.15) is 0 Å². The van der Waals surface area contributed by atoms with Crippen molar-refractivity contribution in [2.24, 2.45) is 0 Å². The van der Waals surface area contributed by atoms with E-state index in [4.69, 9.17) is 0 Å². The Hall–Kier alpha value is -1.77. The molecule has 0 radical (unpaired) electrons. The van der Waals surface area contributed by atoms with Crippen LogP contribution in [-0.4, -0.2) is 93.5 Å². The van der Waals surface area contributed by atoms with Crippen molar-refractivity contribution in [3.8, 4) is 0 Å². The number of amides is 2. The molecule has 0 spiro atoms. The molecule has 2 saturated heterocycles. The molecule has 8 heteroatoms. The summed E-state index contributed by atoms with van der Waals surface area (Å²) in [5.74, 6) is 0.0695. The fourth-order valence-corrected chi connectivity index (χ4v) is 4.50. The number of aliphatic hydroxyl groups excluding tert-OH is 1. The van der Waals surface area contributed by atoms with Gasteiger partial charge in [-0.1, -0.05) is 12.1 Å². The normalized spacial score (nSPS) is 24.4. The third-order valence-electron chi connectivity index (χ3n) is 5.58. The van der Waals surface area contributed by atoms with E-state index in [1.54, 1.807) is 30.2 Å². The first-order chi connectivity index (χ1) is 13.3. The number of rotatable bonds is 5. The lowest BCUT2D eigenvalue weighted by atomic mass is 10.1. The Kier molecular flexibility index (Phi) is 6.85. The molecule has 28 heavy (non-hydrogen) atoms. The number of aliphatic hydroxyl groups is 1. The number of likely N-dealkylation sites (tertiary alicyclic amines) is 1. The number of carbonyl (C=O) groups is 2. The smallest absolute Gasteiger partial charge is 0.227 e. The van der Waals surface area contributed by atoms with Crippen LogP contribution in [0.3, 0.4) is 0 Å². The molecule has 3 rings (SSSR count). The minimum Gasteiger partial charge on any atom is -0.392 e. The van der Waals surface area contributed by atoms with E-state index in [0.717, 1.165) is 23.4 Å². The Morgan fingerprint density at radius 3 is 2.43 bits per heavy atom. The summed E-state index contributed by atoms with van der Waals surface area (Å²) in [4.78, 5) is 31.4. The molecule has 2 aliphatic heterocycles. The molecular formula is C20H29N3O4S. The largest absolute Gasteiger partial charge is 0.392 e. The van der Waals surface area contributed by atoms with Crippen LogP contribution in [0.1, 0.15) is 18.9 Å². The highest BCUT2D eigenvalue weighted by molar-refractivity contribution is 7.84. The maximum atomic E-state index is 13.0. The van der Waals surface area contributed by atoms with E-state index >= 15 is 0 Å². The minimum absolute atomic E-state index is 0.0294. The van der Waals surface area contributed by atoms with Gasteiger partial charge in [0.2, 0.25) is 11.8 Å². The Balaban J connectivity index is 1.68. The van der Waals surface area contributed by atoms with Crippen LogP contribution in [0.15, 0.2) is 29.2 Å². The zero-order valence-electron chi connectivity index (χ0n) is 16.5. The third kappa shape index (κ3) is 5.18. The summed E-state index contributed by atoms with van der Waals surface area (Å²) in [6.07, 6.45) is 2.37. The van der Waals surface area contributed by atoms with Crippen LogP contribution < -0.4 is 0 Å². The highest BCUT2D eigenvalue weighted by Gasteiger charge is 2.34. The quantitative estimate of drug-likeness (QED) is 0.748. The Labute approximate surface area is 168 Å². The SMILES string of the molecule is CC(=O)N1CCN(C(=O)Cc2ccc(S(C)=O)cc2)[C@H](CN2CC[C@@H](O)C2)C1. The Morgan fingerprint density at radius 1 is 1.14 bits per heavy atom. The fourth-order valence-electron chi connectivity index (χ4n) is 3.98. The number of benzene rings is 1. The van der Waals surface area contributed by atoms with Crippen molar-refractivity contribution in [2.45, 2.75) is 36.8 Å². The van der Waals surface area contributed by atoms with E-state index in [-0.39, 0.29) is 30.4 Å². The van der Waals surface area contributed by atoms with E-state index in [2.05, 4.69) is 4.90 Å². The van der Waals surface area contributed by atoms with Crippen LogP contribution in [0.2, 0.25) is 0 Å². The zero-order valence-corrected chi connectivity index (χ0v) is 17.4. The molecule has 2 heterocycles. The second-order valence-electron chi connectivity index (χ2n) is 7.68. The molecule has 1 aromatic rings. The molecule has 0 aliphatic carbocycles. The van der Waals surface area contributed by atoms with Gasteiger partial charge < -0.3 is 14.9 Å². The number of β-amino-alcohol motifs (C(OH)–C–C–N with tert-alkyl or cyclic N) is 1. The average molecular weight is 408 g/mol. The third-order valence-corrected chi connectivity index (χ3v) is 6.51. The first-order valence-corrected chi connectivity index (χ1v) is 11.3. The first kappa shape index (κ1) is 21.0. The van der Waals surface area contributed by atoms with Crippen LogP contribution in [0.4, 0.5) is 0 Å². The molecule has 2 fully saturated rings. The molecule has 1 unspecified atom stereocenters. The molecule has 2 amide bonds. The van der Waals surface area contributed by atoms with Gasteiger partial charge in [-0.15, -0.1) is 0 Å². The lowest BCUT2D eigenvalue weighted by molar-refractivity contribution is -0.142. The predicted molar refractivity (Wildman–Crippen MR) is 107 cm³/mol. The fraction of sp³-hybridized carbons (Fsp3) is 0.600. The highest BCUT2D eigenvalue weighted by Crippen LogP contribution is 2.18. The van der Waals surface area contributed by atoms with Crippen LogP contribution in [0.25, 0.3) is 0 Å². The highest BCUT2D eigenvalue weighted by atomic mass is 32.2. The van der Waals surface area contributed by atoms with Crippen LogP contribution in [0, 0.1) is 0 Å². The monoisotopic (exact) mass is 407 g/mol. The lowest BCUT2D eigenvalue weighted by Crippen LogP contribution is -2.59. The van der Waals surface area contributed by atoms with Crippen LogP contribution in [-0.2, 0) is 26.8 Å². The van der Waals surface area contributed by atoms with E-state index < -0.39 is 10.8 Å². The van der Waals surface area contributed by atoms with Crippen molar-refractivity contribution in [1.82, 2.24) is 14.7 Å².